The van der Waals surface area contributed by atoms with Crippen LogP contribution in [0.1, 0.15) is 5.56 Å². The van der Waals surface area contributed by atoms with E-state index >= 15 is 0 Å². The summed E-state index contributed by atoms with van der Waals surface area (Å²) in [5, 5.41) is 0. The van der Waals surface area contributed by atoms with E-state index in [-0.39, 0.29) is 0 Å². The largest absolute Gasteiger partial charge is 0.497 e. The standard InChI is InChI=1S/C13H13NO2/c1-10-6-7-13(14-9-10)16-12-5-3-4-11(8-12)15-2/h3-9H,1-2H3. The number of nitrogens with zero attached hydrogens (tertiary/aromatic N) is 1. The van der Waals surface area contributed by atoms with Crippen molar-refractivity contribution in [2.75, 3.05) is 7.11 Å². The number of methoxy groups -OCH3 is 1. The van der Waals surface area contributed by atoms with Gasteiger partial charge in [0.05, 0.1) is 7.11 Å². The molecule has 3 heteroatoms. The van der Waals surface area contributed by atoms with Crippen LogP contribution in [0.3, 0.4) is 0 Å². The quantitative estimate of drug-likeness (QED) is 0.787. The topological polar surface area (TPSA) is 31.4 Å². The Morgan fingerprint density at radius 3 is 2.56 bits per heavy atom. The first-order valence-electron chi connectivity index (χ1n) is 5.02. The van der Waals surface area contributed by atoms with E-state index in [1.54, 1.807) is 13.3 Å². The molecule has 0 amide bonds. The van der Waals surface area contributed by atoms with Crippen molar-refractivity contribution >= 4 is 0 Å². The molecule has 1 heterocycles. The van der Waals surface area contributed by atoms with Crippen LogP contribution in [0.15, 0.2) is 42.6 Å². The molecule has 0 aliphatic rings. The molecule has 16 heavy (non-hydrogen) atoms. The summed E-state index contributed by atoms with van der Waals surface area (Å²) in [7, 11) is 1.63. The minimum Gasteiger partial charge on any atom is -0.497 e. The van der Waals surface area contributed by atoms with E-state index in [0.717, 1.165) is 17.1 Å². The summed E-state index contributed by atoms with van der Waals surface area (Å²) in [5.41, 5.74) is 1.11. The molecule has 82 valence electrons. The van der Waals surface area contributed by atoms with E-state index in [1.807, 2.05) is 43.3 Å². The molecular weight excluding hydrogens is 202 g/mol. The molecule has 0 aliphatic carbocycles. The number of benzene rings is 1. The van der Waals surface area contributed by atoms with Gasteiger partial charge in [-0.05, 0) is 24.6 Å². The lowest BCUT2D eigenvalue weighted by atomic mass is 10.3. The Bertz CT molecular complexity index is 466. The van der Waals surface area contributed by atoms with Crippen LogP contribution < -0.4 is 9.47 Å². The van der Waals surface area contributed by atoms with E-state index in [1.165, 1.54) is 0 Å². The van der Waals surface area contributed by atoms with Crippen molar-refractivity contribution in [1.82, 2.24) is 4.98 Å². The van der Waals surface area contributed by atoms with E-state index in [4.69, 9.17) is 9.47 Å². The van der Waals surface area contributed by atoms with E-state index in [0.29, 0.717) is 5.88 Å². The molecule has 2 aromatic rings. The van der Waals surface area contributed by atoms with Crippen molar-refractivity contribution < 1.29 is 9.47 Å². The Morgan fingerprint density at radius 1 is 1.06 bits per heavy atom. The van der Waals surface area contributed by atoms with Crippen molar-refractivity contribution in [2.45, 2.75) is 6.92 Å². The van der Waals surface area contributed by atoms with Gasteiger partial charge in [-0.2, -0.15) is 0 Å². The van der Waals surface area contributed by atoms with Crippen LogP contribution in [-0.2, 0) is 0 Å². The second-order valence-corrected chi connectivity index (χ2v) is 3.45. The molecule has 0 atom stereocenters. The normalized spacial score (nSPS) is 9.88. The molecule has 0 N–H and O–H groups in total. The molecule has 0 bridgehead atoms. The van der Waals surface area contributed by atoms with Gasteiger partial charge in [-0.15, -0.1) is 0 Å². The maximum absolute atomic E-state index is 5.58. The minimum absolute atomic E-state index is 0.582. The zero-order chi connectivity index (χ0) is 11.4. The van der Waals surface area contributed by atoms with Crippen molar-refractivity contribution in [3.8, 4) is 17.4 Å². The molecule has 3 nitrogen and oxygen atoms in total. The lowest BCUT2D eigenvalue weighted by molar-refractivity contribution is 0.407. The number of hydrogen-bond donors (Lipinski definition) is 0. The van der Waals surface area contributed by atoms with Crippen molar-refractivity contribution in [2.24, 2.45) is 0 Å². The first-order valence-corrected chi connectivity index (χ1v) is 5.02. The zero-order valence-corrected chi connectivity index (χ0v) is 9.31. The average molecular weight is 215 g/mol. The van der Waals surface area contributed by atoms with Gasteiger partial charge in [0.2, 0.25) is 5.88 Å². The van der Waals surface area contributed by atoms with Gasteiger partial charge in [-0.3, -0.25) is 0 Å². The van der Waals surface area contributed by atoms with Gasteiger partial charge in [0.25, 0.3) is 0 Å². The van der Waals surface area contributed by atoms with Crippen LogP contribution in [0, 0.1) is 6.92 Å². The molecule has 0 radical (unpaired) electrons. The summed E-state index contributed by atoms with van der Waals surface area (Å²) in [6.07, 6.45) is 1.77. The summed E-state index contributed by atoms with van der Waals surface area (Å²) in [6.45, 7) is 1.99. The highest BCUT2D eigenvalue weighted by atomic mass is 16.5. The second kappa shape index (κ2) is 4.66. The maximum Gasteiger partial charge on any atom is 0.219 e. The summed E-state index contributed by atoms with van der Waals surface area (Å²) >= 11 is 0. The highest BCUT2D eigenvalue weighted by molar-refractivity contribution is 5.35. The van der Waals surface area contributed by atoms with Crippen LogP contribution >= 0.6 is 0 Å². The Kier molecular flexibility index (Phi) is 3.05. The molecule has 0 spiro atoms. The Balaban J connectivity index is 2.16. The number of hydrogen-bond acceptors (Lipinski definition) is 3. The van der Waals surface area contributed by atoms with Crippen molar-refractivity contribution in [3.05, 3.63) is 48.2 Å². The molecule has 1 aromatic heterocycles. The van der Waals surface area contributed by atoms with E-state index in [9.17, 15) is 0 Å². The highest BCUT2D eigenvalue weighted by Gasteiger charge is 1.99. The third-order valence-electron chi connectivity index (χ3n) is 2.15. The smallest absolute Gasteiger partial charge is 0.219 e. The van der Waals surface area contributed by atoms with Gasteiger partial charge in [0, 0.05) is 18.3 Å². The van der Waals surface area contributed by atoms with E-state index in [2.05, 4.69) is 4.98 Å². The van der Waals surface area contributed by atoms with Crippen LogP contribution in [0.25, 0.3) is 0 Å². The number of pyridine rings is 1. The van der Waals surface area contributed by atoms with Gasteiger partial charge in [0.15, 0.2) is 0 Å². The molecule has 0 fully saturated rings. The van der Waals surface area contributed by atoms with Gasteiger partial charge in [-0.25, -0.2) is 4.98 Å². The fourth-order valence-corrected chi connectivity index (χ4v) is 1.30. The minimum atomic E-state index is 0.582. The van der Waals surface area contributed by atoms with Gasteiger partial charge in [0.1, 0.15) is 11.5 Å². The number of aryl methyl sites for hydroxylation is 1. The third-order valence-corrected chi connectivity index (χ3v) is 2.15. The first kappa shape index (κ1) is 10.5. The monoisotopic (exact) mass is 215 g/mol. The number of ether oxygens (including phenoxy) is 2. The number of aromatic nitrogens is 1. The second-order valence-electron chi connectivity index (χ2n) is 3.45. The molecule has 0 saturated heterocycles. The lowest BCUT2D eigenvalue weighted by Gasteiger charge is -2.06. The number of rotatable bonds is 3. The molecule has 1 aromatic carbocycles. The summed E-state index contributed by atoms with van der Waals surface area (Å²) in [5.74, 6) is 2.07. The predicted octanol–water partition coefficient (Wildman–Crippen LogP) is 3.19. The van der Waals surface area contributed by atoms with Crippen LogP contribution in [0.2, 0.25) is 0 Å². The molecule has 2 rings (SSSR count). The zero-order valence-electron chi connectivity index (χ0n) is 9.31. The molecule has 0 saturated carbocycles. The summed E-state index contributed by atoms with van der Waals surface area (Å²) in [4.78, 5) is 4.17. The Hall–Kier alpha value is -2.03. The van der Waals surface area contributed by atoms with Crippen LogP contribution in [0.5, 0.6) is 17.4 Å². The van der Waals surface area contributed by atoms with Crippen LogP contribution in [0.4, 0.5) is 0 Å². The van der Waals surface area contributed by atoms with Gasteiger partial charge < -0.3 is 9.47 Å². The molecule has 0 unspecified atom stereocenters. The van der Waals surface area contributed by atoms with Gasteiger partial charge in [-0.1, -0.05) is 12.1 Å². The maximum atomic E-state index is 5.58. The fourth-order valence-electron chi connectivity index (χ4n) is 1.30. The van der Waals surface area contributed by atoms with Crippen LogP contribution in [-0.4, -0.2) is 12.1 Å². The lowest BCUT2D eigenvalue weighted by Crippen LogP contribution is -1.89. The SMILES string of the molecule is COc1cccc(Oc2ccc(C)cn2)c1. The van der Waals surface area contributed by atoms with E-state index < -0.39 is 0 Å². The summed E-state index contributed by atoms with van der Waals surface area (Å²) < 4.78 is 10.7. The predicted molar refractivity (Wildman–Crippen MR) is 62.0 cm³/mol. The fraction of sp³-hybridized carbons (Fsp3) is 0.154. The molecule has 0 aliphatic heterocycles. The molecular formula is C13H13NO2. The average Bonchev–Trinajstić information content (AvgIpc) is 2.32. The van der Waals surface area contributed by atoms with Crippen molar-refractivity contribution in [1.29, 1.82) is 0 Å². The highest BCUT2D eigenvalue weighted by Crippen LogP contribution is 2.23. The first-order chi connectivity index (χ1) is 7.78. The summed E-state index contributed by atoms with van der Waals surface area (Å²) in [6, 6.07) is 11.2. The Labute approximate surface area is 94.7 Å². The third kappa shape index (κ3) is 2.51. The van der Waals surface area contributed by atoms with Gasteiger partial charge >= 0.3 is 0 Å². The van der Waals surface area contributed by atoms with Crippen molar-refractivity contribution in [3.63, 3.8) is 0 Å². The Morgan fingerprint density at radius 2 is 1.88 bits per heavy atom.